The first-order chi connectivity index (χ1) is 11.4. The van der Waals surface area contributed by atoms with E-state index in [9.17, 15) is 9.59 Å². The third kappa shape index (κ3) is 2.82. The lowest BCUT2D eigenvalue weighted by molar-refractivity contribution is -0.120. The highest BCUT2D eigenvalue weighted by molar-refractivity contribution is 14.1. The van der Waals surface area contributed by atoms with Crippen LogP contribution in [0.25, 0.3) is 0 Å². The summed E-state index contributed by atoms with van der Waals surface area (Å²) in [7, 11) is 1.72. The molecule has 1 aliphatic rings. The number of halogens is 2. The highest BCUT2D eigenvalue weighted by Gasteiger charge is 2.41. The molecule has 24 heavy (non-hydrogen) atoms. The van der Waals surface area contributed by atoms with Crippen LogP contribution >= 0.6 is 34.2 Å². The van der Waals surface area contributed by atoms with Crippen molar-refractivity contribution < 1.29 is 9.59 Å². The number of amides is 2. The number of likely N-dealkylation sites (N-methyl/N-ethyl adjacent to an activating group) is 1. The molecule has 2 amide bonds. The molecule has 122 valence electrons. The van der Waals surface area contributed by atoms with Gasteiger partial charge < -0.3 is 4.90 Å². The van der Waals surface area contributed by atoms with Gasteiger partial charge in [0, 0.05) is 16.3 Å². The molecule has 1 heterocycles. The van der Waals surface area contributed by atoms with E-state index in [-0.39, 0.29) is 10.7 Å². The molecule has 0 fully saturated rings. The van der Waals surface area contributed by atoms with E-state index in [1.807, 2.05) is 49.4 Å². The van der Waals surface area contributed by atoms with Crippen LogP contribution in [-0.2, 0) is 9.59 Å². The van der Waals surface area contributed by atoms with E-state index in [0.717, 1.165) is 19.7 Å². The van der Waals surface area contributed by atoms with Crippen molar-refractivity contribution in [3.05, 3.63) is 68.4 Å². The summed E-state index contributed by atoms with van der Waals surface area (Å²) in [5, 5.41) is -0.0655. The molecule has 0 saturated carbocycles. The molecule has 0 N–H and O–H groups in total. The monoisotopic (exact) mass is 452 g/mol. The molecule has 4 nitrogen and oxygen atoms in total. The van der Waals surface area contributed by atoms with Crippen LogP contribution in [0.3, 0.4) is 0 Å². The van der Waals surface area contributed by atoms with E-state index >= 15 is 0 Å². The number of nitrogens with zero attached hydrogens (tertiary/aromatic N) is 2. The van der Waals surface area contributed by atoms with Gasteiger partial charge in [0.25, 0.3) is 11.8 Å². The van der Waals surface area contributed by atoms with Gasteiger partial charge in [-0.1, -0.05) is 29.8 Å². The Morgan fingerprint density at radius 3 is 2.33 bits per heavy atom. The van der Waals surface area contributed by atoms with E-state index < -0.39 is 11.8 Å². The number of rotatable bonds is 3. The van der Waals surface area contributed by atoms with Crippen molar-refractivity contribution in [2.45, 2.75) is 6.92 Å². The number of hydrogen-bond donors (Lipinski definition) is 0. The summed E-state index contributed by atoms with van der Waals surface area (Å²) < 4.78 is 1.04. The van der Waals surface area contributed by atoms with E-state index in [0.29, 0.717) is 5.69 Å². The van der Waals surface area contributed by atoms with E-state index in [1.165, 1.54) is 0 Å². The number of benzene rings is 2. The minimum absolute atomic E-state index is 0.0655. The molecule has 0 aliphatic carbocycles. The second-order valence-corrected chi connectivity index (χ2v) is 7.06. The molecule has 2 aromatic rings. The molecule has 0 spiro atoms. The standard InChI is InChI=1S/C18H14ClIN2O2/c1-11-10-12(20)8-9-14(11)22-17(23)15(19)16(18(22)24)21(2)13-6-4-3-5-7-13/h3-10H,1-2H3. The predicted octanol–water partition coefficient (Wildman–Crippen LogP) is 4.06. The van der Waals surface area contributed by atoms with Gasteiger partial charge in [-0.15, -0.1) is 0 Å². The molecule has 0 bridgehead atoms. The number of carbonyl (C=O) groups is 2. The van der Waals surface area contributed by atoms with Crippen molar-refractivity contribution in [3.8, 4) is 0 Å². The van der Waals surface area contributed by atoms with Gasteiger partial charge in [-0.25, -0.2) is 4.90 Å². The summed E-state index contributed by atoms with van der Waals surface area (Å²) in [6.45, 7) is 1.87. The molecule has 1 aliphatic heterocycles. The van der Waals surface area contributed by atoms with Gasteiger partial charge in [-0.3, -0.25) is 9.59 Å². The summed E-state index contributed by atoms with van der Waals surface area (Å²) in [5.74, 6) is -0.913. The normalized spacial score (nSPS) is 14.6. The smallest absolute Gasteiger partial charge is 0.283 e. The van der Waals surface area contributed by atoms with Crippen molar-refractivity contribution in [1.82, 2.24) is 0 Å². The molecule has 3 rings (SSSR count). The summed E-state index contributed by atoms with van der Waals surface area (Å²) in [5.41, 5.74) is 2.37. The van der Waals surface area contributed by atoms with Crippen molar-refractivity contribution in [2.24, 2.45) is 0 Å². The summed E-state index contributed by atoms with van der Waals surface area (Å²) in [6.07, 6.45) is 0. The second-order valence-electron chi connectivity index (χ2n) is 5.43. The lowest BCUT2D eigenvalue weighted by Gasteiger charge is -2.22. The minimum Gasteiger partial charge on any atom is -0.339 e. The van der Waals surface area contributed by atoms with Crippen LogP contribution in [0.5, 0.6) is 0 Å². The maximum absolute atomic E-state index is 12.9. The molecule has 6 heteroatoms. The number of aryl methyl sites for hydroxylation is 1. The van der Waals surface area contributed by atoms with Crippen LogP contribution in [-0.4, -0.2) is 18.9 Å². The van der Waals surface area contributed by atoms with E-state index in [1.54, 1.807) is 18.0 Å². The van der Waals surface area contributed by atoms with Gasteiger partial charge in [0.15, 0.2) is 0 Å². The third-order valence-electron chi connectivity index (χ3n) is 3.88. The van der Waals surface area contributed by atoms with Gasteiger partial charge in [-0.2, -0.15) is 0 Å². The third-order valence-corrected chi connectivity index (χ3v) is 4.89. The quantitative estimate of drug-likeness (QED) is 0.521. The Kier molecular flexibility index (Phi) is 4.64. The molecule has 0 aromatic heterocycles. The molecule has 0 radical (unpaired) electrons. The van der Waals surface area contributed by atoms with Gasteiger partial charge >= 0.3 is 0 Å². The van der Waals surface area contributed by atoms with E-state index in [2.05, 4.69) is 22.6 Å². The Morgan fingerprint density at radius 2 is 1.71 bits per heavy atom. The van der Waals surface area contributed by atoms with Crippen LogP contribution in [0.2, 0.25) is 0 Å². The van der Waals surface area contributed by atoms with E-state index in [4.69, 9.17) is 11.6 Å². The summed E-state index contributed by atoms with van der Waals surface area (Å²) >= 11 is 8.41. The van der Waals surface area contributed by atoms with Gasteiger partial charge in [0.05, 0.1) is 5.69 Å². The topological polar surface area (TPSA) is 40.6 Å². The van der Waals surface area contributed by atoms with Gasteiger partial charge in [0.2, 0.25) is 0 Å². The zero-order valence-electron chi connectivity index (χ0n) is 13.1. The first-order valence-corrected chi connectivity index (χ1v) is 8.71. The van der Waals surface area contributed by atoms with Crippen molar-refractivity contribution in [3.63, 3.8) is 0 Å². The number of anilines is 2. The predicted molar refractivity (Wildman–Crippen MR) is 104 cm³/mol. The molecular weight excluding hydrogens is 439 g/mol. The fourth-order valence-corrected chi connectivity index (χ4v) is 3.59. The average molecular weight is 453 g/mol. The second kappa shape index (κ2) is 6.57. The van der Waals surface area contributed by atoms with Crippen LogP contribution in [0.15, 0.2) is 59.3 Å². The number of carbonyl (C=O) groups excluding carboxylic acids is 2. The Labute approximate surface area is 158 Å². The maximum atomic E-state index is 12.9. The highest BCUT2D eigenvalue weighted by Crippen LogP contribution is 2.34. The number of hydrogen-bond acceptors (Lipinski definition) is 3. The zero-order chi connectivity index (χ0) is 17.4. The van der Waals surface area contributed by atoms with Crippen molar-refractivity contribution >= 4 is 57.4 Å². The Balaban J connectivity index is 2.02. The minimum atomic E-state index is -0.497. The molecular formula is C18H14ClIN2O2. The molecule has 0 saturated heterocycles. The van der Waals surface area contributed by atoms with Crippen LogP contribution in [0, 0.1) is 10.5 Å². The Bertz CT molecular complexity index is 865. The SMILES string of the molecule is Cc1cc(I)ccc1N1C(=O)C(Cl)=C(N(C)c2ccccc2)C1=O. The molecule has 2 aromatic carbocycles. The Hall–Kier alpha value is -1.86. The van der Waals surface area contributed by atoms with Crippen LogP contribution in [0.1, 0.15) is 5.56 Å². The fraction of sp³-hybridized carbons (Fsp3) is 0.111. The number of imide groups is 1. The first kappa shape index (κ1) is 17.0. The fourth-order valence-electron chi connectivity index (χ4n) is 2.65. The summed E-state index contributed by atoms with van der Waals surface area (Å²) in [4.78, 5) is 28.3. The number of para-hydroxylation sites is 1. The molecule has 0 atom stereocenters. The first-order valence-electron chi connectivity index (χ1n) is 7.25. The maximum Gasteiger partial charge on any atom is 0.283 e. The zero-order valence-corrected chi connectivity index (χ0v) is 16.0. The Morgan fingerprint density at radius 1 is 1.04 bits per heavy atom. The lowest BCUT2D eigenvalue weighted by atomic mass is 10.2. The van der Waals surface area contributed by atoms with Crippen LogP contribution in [0.4, 0.5) is 11.4 Å². The van der Waals surface area contributed by atoms with Crippen molar-refractivity contribution in [1.29, 1.82) is 0 Å². The largest absolute Gasteiger partial charge is 0.339 e. The summed E-state index contributed by atoms with van der Waals surface area (Å²) in [6, 6.07) is 14.9. The molecule has 0 unspecified atom stereocenters. The van der Waals surface area contributed by atoms with Crippen LogP contribution < -0.4 is 9.80 Å². The lowest BCUT2D eigenvalue weighted by Crippen LogP contribution is -2.34. The van der Waals surface area contributed by atoms with Gasteiger partial charge in [0.1, 0.15) is 10.7 Å². The van der Waals surface area contributed by atoms with Crippen molar-refractivity contribution in [2.75, 3.05) is 16.8 Å². The highest BCUT2D eigenvalue weighted by atomic mass is 127. The average Bonchev–Trinajstić information content (AvgIpc) is 2.78. The van der Waals surface area contributed by atoms with Gasteiger partial charge in [-0.05, 0) is 65.4 Å².